The molecule has 2 rings (SSSR count). The fraction of sp³-hybridized carbons (Fsp3) is 0.474. The van der Waals surface area contributed by atoms with Crippen molar-refractivity contribution in [3.8, 4) is 10.0 Å². The lowest BCUT2D eigenvalue weighted by molar-refractivity contribution is -0.116. The molecule has 26 heavy (non-hydrogen) atoms. The van der Waals surface area contributed by atoms with Crippen molar-refractivity contribution in [2.24, 2.45) is 5.92 Å². The highest BCUT2D eigenvalue weighted by molar-refractivity contribution is 7.81. The second-order valence-corrected chi connectivity index (χ2v) is 8.59. The number of aromatic nitrogens is 2. The van der Waals surface area contributed by atoms with E-state index in [1.54, 1.807) is 6.20 Å². The maximum atomic E-state index is 12.7. The molecule has 0 bridgehead atoms. The Morgan fingerprint density at radius 2 is 1.96 bits per heavy atom. The van der Waals surface area contributed by atoms with Crippen molar-refractivity contribution >= 4 is 52.9 Å². The molecular formula is C19H24N2O2S3. The van der Waals surface area contributed by atoms with Crippen LogP contribution in [0.1, 0.15) is 61.3 Å². The van der Waals surface area contributed by atoms with Gasteiger partial charge in [-0.15, -0.1) is 22.7 Å². The van der Waals surface area contributed by atoms with Crippen LogP contribution < -0.4 is 0 Å². The van der Waals surface area contributed by atoms with E-state index in [1.807, 2.05) is 11.5 Å². The Kier molecular flexibility index (Phi) is 8.68. The Morgan fingerprint density at radius 3 is 2.62 bits per heavy atom. The fourth-order valence-corrected chi connectivity index (χ4v) is 4.16. The number of nitrogens with zero attached hydrogens (tertiary/aromatic N) is 2. The molecule has 2 aromatic rings. The minimum absolute atomic E-state index is 0.0629. The Morgan fingerprint density at radius 1 is 1.19 bits per heavy atom. The lowest BCUT2D eigenvalue weighted by Gasteiger charge is -2.01. The van der Waals surface area contributed by atoms with Crippen LogP contribution in [0.15, 0.2) is 17.7 Å². The van der Waals surface area contributed by atoms with Crippen LogP contribution >= 0.6 is 35.3 Å². The Bertz CT molecular complexity index is 749. The first-order chi connectivity index (χ1) is 12.5. The summed E-state index contributed by atoms with van der Waals surface area (Å²) in [6.07, 6.45) is 9.29. The zero-order valence-electron chi connectivity index (χ0n) is 15.1. The van der Waals surface area contributed by atoms with Gasteiger partial charge in [0.1, 0.15) is 11.5 Å². The van der Waals surface area contributed by atoms with Crippen LogP contribution in [0, 0.1) is 5.92 Å². The van der Waals surface area contributed by atoms with Crippen molar-refractivity contribution in [1.29, 1.82) is 0 Å². The van der Waals surface area contributed by atoms with Gasteiger partial charge in [-0.3, -0.25) is 9.59 Å². The second-order valence-electron chi connectivity index (χ2n) is 6.35. The average molecular weight is 409 g/mol. The van der Waals surface area contributed by atoms with Crippen molar-refractivity contribution in [1.82, 2.24) is 9.97 Å². The molecule has 2 aromatic heterocycles. The van der Waals surface area contributed by atoms with E-state index in [1.165, 1.54) is 22.7 Å². The molecule has 140 valence electrons. The molecule has 0 fully saturated rings. The van der Waals surface area contributed by atoms with Gasteiger partial charge in [0.15, 0.2) is 15.8 Å². The molecule has 0 unspecified atom stereocenters. The molecule has 0 saturated heterocycles. The van der Waals surface area contributed by atoms with Crippen molar-refractivity contribution in [3.05, 3.63) is 28.2 Å². The normalized spacial score (nSPS) is 11.5. The molecule has 0 N–H and O–H groups in total. The van der Waals surface area contributed by atoms with Crippen molar-refractivity contribution in [2.45, 2.75) is 46.0 Å². The number of thiol groups is 1. The van der Waals surface area contributed by atoms with Crippen LogP contribution in [0.3, 0.4) is 0 Å². The largest absolute Gasteiger partial charge is 0.299 e. The Labute approximate surface area is 168 Å². The Hall–Kier alpha value is -1.31. The van der Waals surface area contributed by atoms with E-state index in [-0.39, 0.29) is 11.6 Å². The summed E-state index contributed by atoms with van der Waals surface area (Å²) in [5, 5.41) is 3.55. The number of thiazole rings is 2. The Balaban J connectivity index is 2.03. The second kappa shape index (κ2) is 10.7. The quantitative estimate of drug-likeness (QED) is 0.300. The third-order valence-electron chi connectivity index (χ3n) is 3.70. The number of hydrogen-bond donors (Lipinski definition) is 1. The minimum atomic E-state index is 0.0629. The lowest BCUT2D eigenvalue weighted by Crippen LogP contribution is -2.02. The van der Waals surface area contributed by atoms with Gasteiger partial charge >= 0.3 is 0 Å². The number of unbranched alkanes of at least 4 members (excludes halogenated alkanes) is 2. The van der Waals surface area contributed by atoms with Crippen molar-refractivity contribution in [2.75, 3.05) is 5.75 Å². The van der Waals surface area contributed by atoms with Crippen molar-refractivity contribution in [3.63, 3.8) is 0 Å². The summed E-state index contributed by atoms with van der Waals surface area (Å²) < 4.78 is 0. The molecule has 4 nitrogen and oxygen atoms in total. The van der Waals surface area contributed by atoms with Crippen LogP contribution in [0.25, 0.3) is 16.1 Å². The topological polar surface area (TPSA) is 59.9 Å². The van der Waals surface area contributed by atoms with Gasteiger partial charge in [-0.1, -0.05) is 26.3 Å². The number of ketones is 2. The number of hydrogen-bond acceptors (Lipinski definition) is 7. The number of rotatable bonds is 11. The van der Waals surface area contributed by atoms with Crippen LogP contribution in [0.2, 0.25) is 0 Å². The summed E-state index contributed by atoms with van der Waals surface area (Å²) >= 11 is 7.01. The van der Waals surface area contributed by atoms with Crippen LogP contribution in [-0.2, 0) is 4.79 Å². The van der Waals surface area contributed by atoms with Gasteiger partial charge in [0, 0.05) is 30.2 Å². The first-order valence-electron chi connectivity index (χ1n) is 8.76. The molecule has 0 saturated carbocycles. The van der Waals surface area contributed by atoms with Gasteiger partial charge in [0.05, 0.1) is 4.88 Å². The standard InChI is InChI=1S/C19H24N2O2S3/c1-13(2)8-9-16-17(21-19(26-16)18-20-10-11-25-18)15(23)7-5-3-4-6-14(22)12-24/h8-11,13,24H,3-7,12H2,1-2H3/b9-8+. The molecule has 0 amide bonds. The van der Waals surface area contributed by atoms with Gasteiger partial charge in [-0.05, 0) is 24.8 Å². The average Bonchev–Trinajstić information content (AvgIpc) is 3.28. The smallest absolute Gasteiger partial charge is 0.182 e. The van der Waals surface area contributed by atoms with E-state index < -0.39 is 0 Å². The molecule has 0 spiro atoms. The molecule has 0 aliphatic heterocycles. The molecule has 0 radical (unpaired) electrons. The zero-order chi connectivity index (χ0) is 18.9. The highest BCUT2D eigenvalue weighted by Crippen LogP contribution is 2.31. The van der Waals surface area contributed by atoms with Crippen LogP contribution in [0.4, 0.5) is 0 Å². The summed E-state index contributed by atoms with van der Waals surface area (Å²) in [7, 11) is 0. The van der Waals surface area contributed by atoms with E-state index in [0.29, 0.717) is 30.2 Å². The third-order valence-corrected chi connectivity index (χ3v) is 5.99. The molecular weight excluding hydrogens is 384 g/mol. The SMILES string of the molecule is CC(C)/C=C/c1sc(-c2nccs2)nc1C(=O)CCCCCC(=O)CS. The van der Waals surface area contributed by atoms with Gasteiger partial charge < -0.3 is 0 Å². The highest BCUT2D eigenvalue weighted by atomic mass is 32.1. The summed E-state index contributed by atoms with van der Waals surface area (Å²) in [5.74, 6) is 0.928. The first kappa shape index (κ1) is 21.0. The van der Waals surface area contributed by atoms with E-state index in [2.05, 4.69) is 42.5 Å². The molecule has 0 atom stereocenters. The van der Waals surface area contributed by atoms with E-state index >= 15 is 0 Å². The maximum absolute atomic E-state index is 12.7. The summed E-state index contributed by atoms with van der Waals surface area (Å²) in [5.41, 5.74) is 0.545. The summed E-state index contributed by atoms with van der Waals surface area (Å²) in [6.45, 7) is 4.21. The van der Waals surface area contributed by atoms with Gasteiger partial charge in [0.2, 0.25) is 0 Å². The van der Waals surface area contributed by atoms with E-state index in [0.717, 1.165) is 34.2 Å². The zero-order valence-corrected chi connectivity index (χ0v) is 17.6. The number of allylic oxidation sites excluding steroid dienone is 1. The molecule has 0 aliphatic carbocycles. The molecule has 2 heterocycles. The highest BCUT2D eigenvalue weighted by Gasteiger charge is 2.18. The molecule has 0 aliphatic rings. The van der Waals surface area contributed by atoms with Crippen LogP contribution in [0.5, 0.6) is 0 Å². The molecule has 7 heteroatoms. The van der Waals surface area contributed by atoms with E-state index in [4.69, 9.17) is 0 Å². The monoisotopic (exact) mass is 408 g/mol. The lowest BCUT2D eigenvalue weighted by atomic mass is 10.1. The number of carbonyl (C=O) groups is 2. The fourth-order valence-electron chi connectivity index (χ4n) is 2.33. The maximum Gasteiger partial charge on any atom is 0.182 e. The summed E-state index contributed by atoms with van der Waals surface area (Å²) in [4.78, 5) is 33.7. The van der Waals surface area contributed by atoms with E-state index in [9.17, 15) is 9.59 Å². The molecule has 0 aromatic carbocycles. The number of Topliss-reactive ketones (excluding diaryl/α,β-unsaturated/α-hetero) is 2. The van der Waals surface area contributed by atoms with Gasteiger partial charge in [0.25, 0.3) is 0 Å². The minimum Gasteiger partial charge on any atom is -0.299 e. The van der Waals surface area contributed by atoms with Gasteiger partial charge in [-0.2, -0.15) is 12.6 Å². The van der Waals surface area contributed by atoms with Crippen molar-refractivity contribution < 1.29 is 9.59 Å². The first-order valence-corrected chi connectivity index (χ1v) is 11.1. The summed E-state index contributed by atoms with van der Waals surface area (Å²) in [6, 6.07) is 0. The third kappa shape index (κ3) is 6.45. The van der Waals surface area contributed by atoms with Crippen LogP contribution in [-0.4, -0.2) is 27.3 Å². The predicted octanol–water partition coefficient (Wildman–Crippen LogP) is 5.57. The number of carbonyl (C=O) groups excluding carboxylic acids is 2. The predicted molar refractivity (Wildman–Crippen MR) is 113 cm³/mol. The van der Waals surface area contributed by atoms with Gasteiger partial charge in [-0.25, -0.2) is 9.97 Å².